The van der Waals surface area contributed by atoms with Gasteiger partial charge in [0.15, 0.2) is 0 Å². The van der Waals surface area contributed by atoms with Crippen molar-refractivity contribution < 1.29 is 27.9 Å². The van der Waals surface area contributed by atoms with Crippen LogP contribution in [0.25, 0.3) is 10.4 Å². The number of nitrogens with one attached hydrogen (secondary N) is 2. The molecule has 0 aromatic carbocycles. The van der Waals surface area contributed by atoms with Crippen molar-refractivity contribution in [3.8, 4) is 0 Å². The monoisotopic (exact) mass is 460 g/mol. The zero-order valence-corrected chi connectivity index (χ0v) is 18.2. The van der Waals surface area contributed by atoms with Crippen LogP contribution in [0.1, 0.15) is 31.6 Å². The first kappa shape index (κ1) is 24.8. The quantitative estimate of drug-likeness (QED) is 0.160. The molecule has 1 fully saturated rings. The summed E-state index contributed by atoms with van der Waals surface area (Å²) in [4.78, 5) is 39.9. The molecule has 1 aromatic heterocycles. The molecule has 0 radical (unpaired) electrons. The van der Waals surface area contributed by atoms with E-state index in [1.165, 1.54) is 24.8 Å². The van der Waals surface area contributed by atoms with E-state index in [2.05, 4.69) is 24.8 Å². The molecule has 2 heterocycles. The van der Waals surface area contributed by atoms with Crippen LogP contribution in [0.2, 0.25) is 0 Å². The number of carbonyl (C=O) groups is 1. The summed E-state index contributed by atoms with van der Waals surface area (Å²) in [5.74, 6) is -0.498. The maximum Gasteiger partial charge on any atom is 0.405 e. The molecule has 1 saturated heterocycles. The Balaban J connectivity index is 2.10. The van der Waals surface area contributed by atoms with Crippen LogP contribution in [0, 0.1) is 6.92 Å². The van der Waals surface area contributed by atoms with E-state index in [1.807, 2.05) is 0 Å². The van der Waals surface area contributed by atoms with Gasteiger partial charge in [0.25, 0.3) is 5.56 Å². The number of H-pyrrole nitrogens is 1. The molecule has 2 N–H and O–H groups in total. The van der Waals surface area contributed by atoms with Crippen LogP contribution in [0.3, 0.4) is 0 Å². The molecule has 4 atom stereocenters. The highest BCUT2D eigenvalue weighted by Crippen LogP contribution is 2.44. The molecule has 0 amide bonds. The van der Waals surface area contributed by atoms with E-state index in [0.29, 0.717) is 5.56 Å². The molecule has 1 unspecified atom stereocenters. The van der Waals surface area contributed by atoms with Crippen LogP contribution in [-0.4, -0.2) is 54.5 Å². The highest BCUT2D eigenvalue weighted by Gasteiger charge is 2.38. The summed E-state index contributed by atoms with van der Waals surface area (Å²) in [5, 5.41) is 6.22. The number of methoxy groups -OCH3 is 1. The van der Waals surface area contributed by atoms with E-state index in [-0.39, 0.29) is 32.6 Å². The molecular weight excluding hydrogens is 435 g/mol. The zero-order valence-electron chi connectivity index (χ0n) is 17.3. The Morgan fingerprint density at radius 2 is 2.23 bits per heavy atom. The SMILES string of the molecule is CCOP(=O)(NCCC(=O)OC)OC[C@H]1O[C@@H](n2cc(C)c(=O)[nH]c2=O)C[C@@H]1N=[N+]=[N-]. The van der Waals surface area contributed by atoms with Gasteiger partial charge >= 0.3 is 19.4 Å². The summed E-state index contributed by atoms with van der Waals surface area (Å²) in [5.41, 5.74) is 7.97. The first-order valence-electron chi connectivity index (χ1n) is 9.45. The van der Waals surface area contributed by atoms with Crippen molar-refractivity contribution in [1.82, 2.24) is 14.6 Å². The fraction of sp³-hybridized carbons (Fsp3) is 0.688. The second-order valence-corrected chi connectivity index (χ2v) is 8.39. The Bertz CT molecular complexity index is 987. The van der Waals surface area contributed by atoms with Crippen molar-refractivity contribution in [2.45, 2.75) is 45.1 Å². The number of rotatable bonds is 11. The molecule has 14 nitrogen and oxygen atoms in total. The van der Waals surface area contributed by atoms with Crippen LogP contribution in [-0.2, 0) is 27.9 Å². The van der Waals surface area contributed by atoms with E-state index in [0.717, 1.165) is 0 Å². The number of ether oxygens (including phenoxy) is 2. The molecule has 1 aliphatic rings. The summed E-state index contributed by atoms with van der Waals surface area (Å²) >= 11 is 0. The van der Waals surface area contributed by atoms with E-state index in [1.54, 1.807) is 6.92 Å². The first-order valence-corrected chi connectivity index (χ1v) is 11.0. The molecule has 0 aliphatic carbocycles. The minimum Gasteiger partial charge on any atom is -0.469 e. The number of esters is 1. The van der Waals surface area contributed by atoms with Gasteiger partial charge in [-0.1, -0.05) is 5.11 Å². The summed E-state index contributed by atoms with van der Waals surface area (Å²) in [6.45, 7) is 2.94. The van der Waals surface area contributed by atoms with Gasteiger partial charge in [0.1, 0.15) is 6.23 Å². The lowest BCUT2D eigenvalue weighted by molar-refractivity contribution is -0.140. The topological polar surface area (TPSA) is 187 Å². The Morgan fingerprint density at radius 1 is 1.48 bits per heavy atom. The first-order chi connectivity index (χ1) is 14.7. The Labute approximate surface area is 177 Å². The van der Waals surface area contributed by atoms with Crippen LogP contribution < -0.4 is 16.3 Å². The number of aromatic amines is 1. The lowest BCUT2D eigenvalue weighted by Gasteiger charge is -2.22. The predicted octanol–water partition coefficient (Wildman–Crippen LogP) is 1.13. The van der Waals surface area contributed by atoms with E-state index in [4.69, 9.17) is 19.3 Å². The van der Waals surface area contributed by atoms with Crippen LogP contribution >= 0.6 is 7.75 Å². The number of hydrogen-bond donors (Lipinski definition) is 2. The normalized spacial score (nSPS) is 22.5. The maximum absolute atomic E-state index is 12.8. The standard InChI is InChI=1S/C16H25N6O8P/c1-4-28-31(26,18-6-5-14(23)27-3)29-9-12-11(20-21-17)7-13(30-12)22-8-10(2)15(24)19-16(22)25/h8,11-13H,4-7,9H2,1-3H3,(H,18,26)(H,19,24,25)/t11-,12+,13+,31?/m0/s1. The Hall–Kier alpha value is -2.47. The third-order valence-electron chi connectivity index (χ3n) is 4.43. The molecule has 1 aliphatic heterocycles. The van der Waals surface area contributed by atoms with Gasteiger partial charge in [-0.15, -0.1) is 0 Å². The molecule has 15 heteroatoms. The molecule has 0 saturated carbocycles. The van der Waals surface area contributed by atoms with Crippen molar-refractivity contribution >= 4 is 13.7 Å². The third-order valence-corrected chi connectivity index (χ3v) is 6.13. The molecule has 1 aromatic rings. The van der Waals surface area contributed by atoms with Crippen LogP contribution in [0.5, 0.6) is 0 Å². The van der Waals surface area contributed by atoms with E-state index in [9.17, 15) is 18.9 Å². The molecule has 0 bridgehead atoms. The van der Waals surface area contributed by atoms with Crippen molar-refractivity contribution in [3.63, 3.8) is 0 Å². The highest BCUT2D eigenvalue weighted by molar-refractivity contribution is 7.51. The summed E-state index contributed by atoms with van der Waals surface area (Å²) in [6, 6.07) is -0.723. The number of hydrogen-bond acceptors (Lipinski definition) is 9. The zero-order chi connectivity index (χ0) is 23.0. The highest BCUT2D eigenvalue weighted by atomic mass is 31.2. The molecule has 31 heavy (non-hydrogen) atoms. The Kier molecular flexibility index (Phi) is 8.99. The van der Waals surface area contributed by atoms with Gasteiger partial charge in [-0.3, -0.25) is 28.2 Å². The largest absolute Gasteiger partial charge is 0.469 e. The van der Waals surface area contributed by atoms with Gasteiger partial charge in [-0.05, 0) is 19.4 Å². The second-order valence-electron chi connectivity index (χ2n) is 6.56. The van der Waals surface area contributed by atoms with Crippen LogP contribution in [0.4, 0.5) is 0 Å². The number of aryl methyl sites for hydroxylation is 1. The molecule has 0 spiro atoms. The third kappa shape index (κ3) is 6.76. The molecular formula is C16H25N6O8P. The van der Waals surface area contributed by atoms with Gasteiger partial charge < -0.3 is 9.47 Å². The maximum atomic E-state index is 12.8. The smallest absolute Gasteiger partial charge is 0.405 e. The van der Waals surface area contributed by atoms with E-state index < -0.39 is 43.3 Å². The second kappa shape index (κ2) is 11.2. The number of aromatic nitrogens is 2. The lowest BCUT2D eigenvalue weighted by Crippen LogP contribution is -2.33. The molecule has 2 rings (SSSR count). The minimum absolute atomic E-state index is 0.00999. The van der Waals surface area contributed by atoms with E-state index >= 15 is 0 Å². The Morgan fingerprint density at radius 3 is 2.87 bits per heavy atom. The van der Waals surface area contributed by atoms with Gasteiger partial charge in [0.05, 0.1) is 38.9 Å². The summed E-state index contributed by atoms with van der Waals surface area (Å²) in [6.07, 6.45) is -0.226. The van der Waals surface area contributed by atoms with Crippen LogP contribution in [0.15, 0.2) is 20.9 Å². The minimum atomic E-state index is -3.79. The van der Waals surface area contributed by atoms with Crippen molar-refractivity contribution in [2.75, 3.05) is 26.9 Å². The van der Waals surface area contributed by atoms with Gasteiger partial charge in [-0.2, -0.15) is 0 Å². The van der Waals surface area contributed by atoms with Crippen molar-refractivity contribution in [3.05, 3.63) is 43.0 Å². The van der Waals surface area contributed by atoms with Crippen molar-refractivity contribution in [1.29, 1.82) is 0 Å². The van der Waals surface area contributed by atoms with Crippen molar-refractivity contribution in [2.24, 2.45) is 5.11 Å². The number of azide groups is 1. The average Bonchev–Trinajstić information content (AvgIpc) is 3.12. The number of carbonyl (C=O) groups excluding carboxylic acids is 1. The fourth-order valence-corrected chi connectivity index (χ4v) is 4.22. The summed E-state index contributed by atoms with van der Waals surface area (Å²) < 4.78 is 34.9. The average molecular weight is 460 g/mol. The number of nitrogens with zero attached hydrogens (tertiary/aromatic N) is 4. The van der Waals surface area contributed by atoms with Gasteiger partial charge in [-0.25, -0.2) is 14.4 Å². The summed E-state index contributed by atoms with van der Waals surface area (Å²) in [7, 11) is -2.55. The molecule has 172 valence electrons. The predicted molar refractivity (Wildman–Crippen MR) is 107 cm³/mol. The lowest BCUT2D eigenvalue weighted by atomic mass is 10.1. The fourth-order valence-electron chi connectivity index (χ4n) is 2.89. The van der Waals surface area contributed by atoms with Gasteiger partial charge in [0, 0.05) is 29.6 Å². The van der Waals surface area contributed by atoms with Gasteiger partial charge in [0.2, 0.25) is 0 Å².